The Morgan fingerprint density at radius 3 is 2.83 bits per heavy atom. The summed E-state index contributed by atoms with van der Waals surface area (Å²) in [5.41, 5.74) is 0. The summed E-state index contributed by atoms with van der Waals surface area (Å²) < 4.78 is 0. The van der Waals surface area contributed by atoms with Crippen LogP contribution in [0, 0.1) is 6.08 Å². The molecule has 0 saturated carbocycles. The Bertz CT molecular complexity index is 182. The molecule has 0 unspecified atom stereocenters. The van der Waals surface area contributed by atoms with E-state index in [2.05, 4.69) is 42.5 Å². The van der Waals surface area contributed by atoms with Gasteiger partial charge in [-0.1, -0.05) is 42.5 Å². The highest BCUT2D eigenvalue weighted by Gasteiger charge is 1.80. The van der Waals surface area contributed by atoms with Crippen molar-refractivity contribution in [2.45, 2.75) is 25.7 Å². The highest BCUT2D eigenvalue weighted by atomic mass is 13.9. The third kappa shape index (κ3) is 4.73. The van der Waals surface area contributed by atoms with Crippen LogP contribution in [-0.4, -0.2) is 0 Å². The third-order valence-electron chi connectivity index (χ3n) is 1.71. The van der Waals surface area contributed by atoms with Gasteiger partial charge in [0.05, 0.1) is 0 Å². The van der Waals surface area contributed by atoms with E-state index in [1.807, 2.05) is 6.08 Å². The Kier molecular flexibility index (Phi) is 5.02. The molecule has 1 aliphatic rings. The maximum Gasteiger partial charge on any atom is -0.0163 e. The van der Waals surface area contributed by atoms with Crippen molar-refractivity contribution in [3.05, 3.63) is 48.6 Å². The molecule has 63 valence electrons. The summed E-state index contributed by atoms with van der Waals surface area (Å²) >= 11 is 0. The molecule has 0 bridgehead atoms. The normalized spacial score (nSPS) is 18.7. The molecule has 0 aliphatic heterocycles. The van der Waals surface area contributed by atoms with Gasteiger partial charge in [-0.3, -0.25) is 0 Å². The fraction of sp³-hybridized carbons (Fsp3) is 0.333. The van der Waals surface area contributed by atoms with Crippen molar-refractivity contribution in [3.63, 3.8) is 0 Å². The van der Waals surface area contributed by atoms with E-state index in [0.717, 1.165) is 12.8 Å². The van der Waals surface area contributed by atoms with Crippen LogP contribution in [0.5, 0.6) is 0 Å². The van der Waals surface area contributed by atoms with Gasteiger partial charge in [0.25, 0.3) is 0 Å². The van der Waals surface area contributed by atoms with Crippen LogP contribution < -0.4 is 0 Å². The first kappa shape index (κ1) is 9.05. The van der Waals surface area contributed by atoms with Gasteiger partial charge in [0.15, 0.2) is 0 Å². The van der Waals surface area contributed by atoms with E-state index in [4.69, 9.17) is 0 Å². The highest BCUT2D eigenvalue weighted by molar-refractivity contribution is 5.06. The van der Waals surface area contributed by atoms with Gasteiger partial charge < -0.3 is 0 Å². The summed E-state index contributed by atoms with van der Waals surface area (Å²) in [7, 11) is 0. The van der Waals surface area contributed by atoms with Gasteiger partial charge >= 0.3 is 0 Å². The van der Waals surface area contributed by atoms with Crippen LogP contribution in [0.1, 0.15) is 25.7 Å². The van der Waals surface area contributed by atoms with E-state index >= 15 is 0 Å². The maximum absolute atomic E-state index is 3.14. The predicted molar refractivity (Wildman–Crippen MR) is 53.7 cm³/mol. The molecule has 0 saturated heterocycles. The molecule has 0 nitrogen and oxygen atoms in total. The Balaban J connectivity index is 2.42. The lowest BCUT2D eigenvalue weighted by molar-refractivity contribution is 0.866. The van der Waals surface area contributed by atoms with Crippen molar-refractivity contribution in [2.24, 2.45) is 0 Å². The molecule has 1 aliphatic carbocycles. The minimum Gasteiger partial charge on any atom is -0.0845 e. The summed E-state index contributed by atoms with van der Waals surface area (Å²) in [6.45, 7) is 0. The van der Waals surface area contributed by atoms with Crippen molar-refractivity contribution < 1.29 is 0 Å². The summed E-state index contributed by atoms with van der Waals surface area (Å²) in [4.78, 5) is 0. The molecule has 0 heteroatoms. The number of hydrogen-bond acceptors (Lipinski definition) is 0. The minimum atomic E-state index is 1.01. The monoisotopic (exact) mass is 159 g/mol. The second-order valence-electron chi connectivity index (χ2n) is 2.80. The molecular weight excluding hydrogens is 144 g/mol. The van der Waals surface area contributed by atoms with Crippen LogP contribution in [-0.2, 0) is 0 Å². The smallest absolute Gasteiger partial charge is 0.0163 e. The summed E-state index contributed by atoms with van der Waals surface area (Å²) in [6.07, 6.45) is 22.5. The molecule has 1 radical (unpaired) electrons. The van der Waals surface area contributed by atoms with Gasteiger partial charge in [0.1, 0.15) is 0 Å². The third-order valence-corrected chi connectivity index (χ3v) is 1.71. The van der Waals surface area contributed by atoms with Crippen molar-refractivity contribution in [3.8, 4) is 0 Å². The lowest BCUT2D eigenvalue weighted by Gasteiger charge is -1.89. The predicted octanol–water partition coefficient (Wildman–Crippen LogP) is 3.59. The molecule has 0 spiro atoms. The summed E-state index contributed by atoms with van der Waals surface area (Å²) in [5.74, 6) is 0. The molecule has 0 aromatic carbocycles. The molecule has 0 N–H and O–H groups in total. The Hall–Kier alpha value is -1.04. The van der Waals surface area contributed by atoms with Gasteiger partial charge in [-0.25, -0.2) is 0 Å². The largest absolute Gasteiger partial charge is 0.0845 e. The fourth-order valence-electron chi connectivity index (χ4n) is 1.04. The maximum atomic E-state index is 3.14. The quantitative estimate of drug-likeness (QED) is 0.506. The molecular formula is C12H15. The van der Waals surface area contributed by atoms with Crippen LogP contribution in [0.3, 0.4) is 0 Å². The van der Waals surface area contributed by atoms with E-state index in [-0.39, 0.29) is 0 Å². The molecule has 12 heavy (non-hydrogen) atoms. The first-order chi connectivity index (χ1) is 6.00. The first-order valence-electron chi connectivity index (χ1n) is 4.54. The molecule has 0 aromatic heterocycles. The highest BCUT2D eigenvalue weighted by Crippen LogP contribution is 1.99. The van der Waals surface area contributed by atoms with E-state index in [1.54, 1.807) is 0 Å². The van der Waals surface area contributed by atoms with E-state index in [0.29, 0.717) is 0 Å². The van der Waals surface area contributed by atoms with Gasteiger partial charge in [0.2, 0.25) is 0 Å². The molecule has 0 aromatic rings. The van der Waals surface area contributed by atoms with Crippen LogP contribution in [0.4, 0.5) is 0 Å². The zero-order valence-corrected chi connectivity index (χ0v) is 7.37. The molecule has 0 heterocycles. The second kappa shape index (κ2) is 6.66. The topological polar surface area (TPSA) is 0 Å². The standard InChI is InChI=1S/C12H15/c1-2-4-6-8-10-12-11-9-7-5-3-1/h1-4,7,9,12H,5-6,8,10H2. The van der Waals surface area contributed by atoms with Crippen molar-refractivity contribution in [1.82, 2.24) is 0 Å². The van der Waals surface area contributed by atoms with Gasteiger partial charge in [-0.2, -0.15) is 0 Å². The van der Waals surface area contributed by atoms with Gasteiger partial charge in [-0.15, -0.1) is 0 Å². The zero-order valence-electron chi connectivity index (χ0n) is 7.37. The Morgan fingerprint density at radius 1 is 0.917 bits per heavy atom. The molecule has 0 amide bonds. The first-order valence-corrected chi connectivity index (χ1v) is 4.54. The molecule has 0 fully saturated rings. The summed E-state index contributed by atoms with van der Waals surface area (Å²) in [6, 6.07) is 0. The Labute approximate surface area is 75.0 Å². The lowest BCUT2D eigenvalue weighted by atomic mass is 10.2. The van der Waals surface area contributed by atoms with Crippen molar-refractivity contribution in [1.29, 1.82) is 0 Å². The lowest BCUT2D eigenvalue weighted by Crippen LogP contribution is -1.69. The molecule has 0 atom stereocenters. The van der Waals surface area contributed by atoms with Crippen molar-refractivity contribution >= 4 is 0 Å². The number of hydrogen-bond donors (Lipinski definition) is 0. The van der Waals surface area contributed by atoms with Crippen LogP contribution in [0.2, 0.25) is 0 Å². The fourth-order valence-corrected chi connectivity index (χ4v) is 1.04. The SMILES string of the molecule is [C]1=CCCCC=CC=CCC=C1. The average Bonchev–Trinajstić information content (AvgIpc) is 2.05. The van der Waals surface area contributed by atoms with E-state index < -0.39 is 0 Å². The summed E-state index contributed by atoms with van der Waals surface area (Å²) in [5, 5.41) is 0. The molecule has 1 rings (SSSR count). The minimum absolute atomic E-state index is 1.01. The van der Waals surface area contributed by atoms with E-state index in [1.165, 1.54) is 12.8 Å². The number of rotatable bonds is 0. The Morgan fingerprint density at radius 2 is 1.83 bits per heavy atom. The van der Waals surface area contributed by atoms with Crippen LogP contribution in [0.15, 0.2) is 42.5 Å². The van der Waals surface area contributed by atoms with Gasteiger partial charge in [0, 0.05) is 0 Å². The van der Waals surface area contributed by atoms with Crippen molar-refractivity contribution in [2.75, 3.05) is 0 Å². The van der Waals surface area contributed by atoms with Crippen LogP contribution in [0.25, 0.3) is 0 Å². The number of allylic oxidation sites excluding steroid dienone is 8. The van der Waals surface area contributed by atoms with E-state index in [9.17, 15) is 0 Å². The zero-order chi connectivity index (χ0) is 8.49. The second-order valence-corrected chi connectivity index (χ2v) is 2.80. The average molecular weight is 159 g/mol. The van der Waals surface area contributed by atoms with Crippen LogP contribution >= 0.6 is 0 Å². The van der Waals surface area contributed by atoms with Gasteiger partial charge in [-0.05, 0) is 31.8 Å².